The van der Waals surface area contributed by atoms with Gasteiger partial charge in [0, 0.05) is 25.8 Å². The first-order chi connectivity index (χ1) is 9.47. The van der Waals surface area contributed by atoms with Gasteiger partial charge in [-0.25, -0.2) is 4.98 Å². The molecule has 2 aromatic rings. The van der Waals surface area contributed by atoms with Crippen LogP contribution in [0, 0.1) is 13.8 Å². The summed E-state index contributed by atoms with van der Waals surface area (Å²) < 4.78 is 7.62. The lowest BCUT2D eigenvalue weighted by atomic mass is 10.3. The maximum atomic E-state index is 5.82. The molecule has 0 fully saturated rings. The van der Waals surface area contributed by atoms with Gasteiger partial charge in [0.15, 0.2) is 5.75 Å². The summed E-state index contributed by atoms with van der Waals surface area (Å²) in [6.45, 7) is 8.74. The van der Waals surface area contributed by atoms with Crippen LogP contribution in [-0.4, -0.2) is 25.8 Å². The van der Waals surface area contributed by atoms with Crippen molar-refractivity contribution in [2.45, 2.75) is 40.3 Å². The van der Waals surface area contributed by atoms with Gasteiger partial charge in [-0.15, -0.1) is 0 Å². The minimum atomic E-state index is 0.407. The molecule has 0 aliphatic rings. The molecule has 0 amide bonds. The van der Waals surface area contributed by atoms with Gasteiger partial charge < -0.3 is 10.1 Å². The molecule has 0 aliphatic heterocycles. The van der Waals surface area contributed by atoms with Gasteiger partial charge in [0.2, 0.25) is 5.88 Å². The number of rotatable bonds is 5. The van der Waals surface area contributed by atoms with E-state index in [4.69, 9.17) is 4.74 Å². The fourth-order valence-corrected chi connectivity index (χ4v) is 1.84. The van der Waals surface area contributed by atoms with Crippen LogP contribution in [0.3, 0.4) is 0 Å². The molecule has 0 bridgehead atoms. The van der Waals surface area contributed by atoms with Crippen LogP contribution < -0.4 is 10.1 Å². The van der Waals surface area contributed by atoms with Crippen LogP contribution in [0.5, 0.6) is 11.6 Å². The molecule has 0 saturated heterocycles. The zero-order valence-electron chi connectivity index (χ0n) is 12.6. The fraction of sp³-hybridized carbons (Fsp3) is 0.500. The fourth-order valence-electron chi connectivity index (χ4n) is 1.84. The Bertz CT molecular complexity index is 591. The van der Waals surface area contributed by atoms with E-state index in [1.54, 1.807) is 17.1 Å². The van der Waals surface area contributed by atoms with Crippen LogP contribution >= 0.6 is 0 Å². The van der Waals surface area contributed by atoms with Gasteiger partial charge in [-0.1, -0.05) is 13.8 Å². The van der Waals surface area contributed by atoms with E-state index in [1.165, 1.54) is 0 Å². The summed E-state index contributed by atoms with van der Waals surface area (Å²) in [4.78, 5) is 8.62. The number of hydrogen-bond donors (Lipinski definition) is 1. The number of aromatic nitrogens is 4. The largest absolute Gasteiger partial charge is 0.434 e. The Balaban J connectivity index is 2.15. The molecule has 0 spiro atoms. The normalized spacial score (nSPS) is 11.1. The van der Waals surface area contributed by atoms with Crippen molar-refractivity contribution in [2.24, 2.45) is 7.05 Å². The van der Waals surface area contributed by atoms with Gasteiger partial charge in [0.25, 0.3) is 0 Å². The Hall–Kier alpha value is -1.95. The Labute approximate surface area is 119 Å². The SMILES string of the molecule is Cc1nn(C)c(C)c1Oc1cncc(CNC(C)C)n1. The molecule has 0 atom stereocenters. The van der Waals surface area contributed by atoms with E-state index in [1.807, 2.05) is 20.9 Å². The third kappa shape index (κ3) is 3.33. The summed E-state index contributed by atoms with van der Waals surface area (Å²) in [5.41, 5.74) is 2.67. The average molecular weight is 275 g/mol. The van der Waals surface area contributed by atoms with Crippen LogP contribution in [0.25, 0.3) is 0 Å². The third-order valence-electron chi connectivity index (χ3n) is 3.00. The Morgan fingerprint density at radius 2 is 2.05 bits per heavy atom. The molecule has 6 nitrogen and oxygen atoms in total. The first-order valence-corrected chi connectivity index (χ1v) is 6.69. The van der Waals surface area contributed by atoms with Crippen molar-refractivity contribution in [2.75, 3.05) is 0 Å². The van der Waals surface area contributed by atoms with Crippen molar-refractivity contribution in [3.05, 3.63) is 29.5 Å². The highest BCUT2D eigenvalue weighted by atomic mass is 16.5. The summed E-state index contributed by atoms with van der Waals surface area (Å²) in [6.07, 6.45) is 3.36. The Kier molecular flexibility index (Phi) is 4.34. The van der Waals surface area contributed by atoms with Gasteiger partial charge in [0.1, 0.15) is 5.69 Å². The highest BCUT2D eigenvalue weighted by molar-refractivity contribution is 5.34. The van der Waals surface area contributed by atoms with E-state index >= 15 is 0 Å². The van der Waals surface area contributed by atoms with E-state index in [-0.39, 0.29) is 0 Å². The molecule has 0 radical (unpaired) electrons. The second-order valence-electron chi connectivity index (χ2n) is 5.11. The molecule has 0 aromatic carbocycles. The van der Waals surface area contributed by atoms with Crippen LogP contribution in [0.2, 0.25) is 0 Å². The first kappa shape index (κ1) is 14.5. The van der Waals surface area contributed by atoms with E-state index in [2.05, 4.69) is 34.2 Å². The molecule has 0 unspecified atom stereocenters. The molecule has 0 aliphatic carbocycles. The van der Waals surface area contributed by atoms with Gasteiger partial charge >= 0.3 is 0 Å². The monoisotopic (exact) mass is 275 g/mol. The minimum Gasteiger partial charge on any atom is -0.434 e. The number of hydrogen-bond acceptors (Lipinski definition) is 5. The lowest BCUT2D eigenvalue weighted by molar-refractivity contribution is 0.448. The molecule has 108 valence electrons. The number of nitrogens with one attached hydrogen (secondary N) is 1. The second kappa shape index (κ2) is 6.00. The van der Waals surface area contributed by atoms with Crippen molar-refractivity contribution in [3.63, 3.8) is 0 Å². The lowest BCUT2D eigenvalue weighted by Crippen LogP contribution is -2.22. The molecular formula is C14H21N5O. The van der Waals surface area contributed by atoms with E-state index in [0.717, 1.165) is 22.8 Å². The predicted molar refractivity (Wildman–Crippen MR) is 76.8 cm³/mol. The summed E-state index contributed by atoms with van der Waals surface area (Å²) in [5, 5.41) is 7.63. The highest BCUT2D eigenvalue weighted by Crippen LogP contribution is 2.26. The average Bonchev–Trinajstić information content (AvgIpc) is 2.64. The van der Waals surface area contributed by atoms with Crippen molar-refractivity contribution in [1.29, 1.82) is 0 Å². The minimum absolute atomic E-state index is 0.407. The quantitative estimate of drug-likeness (QED) is 0.905. The summed E-state index contributed by atoms with van der Waals surface area (Å²) in [5.74, 6) is 1.24. The van der Waals surface area contributed by atoms with Gasteiger partial charge in [-0.05, 0) is 13.8 Å². The molecule has 2 heterocycles. The Morgan fingerprint density at radius 3 is 2.65 bits per heavy atom. The molecule has 1 N–H and O–H groups in total. The molecule has 2 rings (SSSR count). The summed E-state index contributed by atoms with van der Waals surface area (Å²) >= 11 is 0. The van der Waals surface area contributed by atoms with E-state index in [0.29, 0.717) is 18.5 Å². The van der Waals surface area contributed by atoms with Crippen LogP contribution in [0.15, 0.2) is 12.4 Å². The van der Waals surface area contributed by atoms with Crippen molar-refractivity contribution in [3.8, 4) is 11.6 Å². The summed E-state index contributed by atoms with van der Waals surface area (Å²) in [7, 11) is 1.89. The maximum absolute atomic E-state index is 5.82. The van der Waals surface area contributed by atoms with Crippen LogP contribution in [0.1, 0.15) is 30.9 Å². The number of ether oxygens (including phenoxy) is 1. The van der Waals surface area contributed by atoms with Gasteiger partial charge in [-0.3, -0.25) is 9.67 Å². The third-order valence-corrected chi connectivity index (χ3v) is 3.00. The first-order valence-electron chi connectivity index (χ1n) is 6.69. The van der Waals surface area contributed by atoms with Gasteiger partial charge in [0.05, 0.1) is 17.6 Å². The summed E-state index contributed by atoms with van der Waals surface area (Å²) in [6, 6.07) is 0.407. The van der Waals surface area contributed by atoms with Crippen molar-refractivity contribution >= 4 is 0 Å². The van der Waals surface area contributed by atoms with E-state index < -0.39 is 0 Å². The zero-order valence-corrected chi connectivity index (χ0v) is 12.6. The predicted octanol–water partition coefficient (Wildman–Crippen LogP) is 2.12. The topological polar surface area (TPSA) is 64.9 Å². The molecule has 6 heteroatoms. The van der Waals surface area contributed by atoms with Crippen molar-refractivity contribution in [1.82, 2.24) is 25.1 Å². The van der Waals surface area contributed by atoms with E-state index in [9.17, 15) is 0 Å². The molecule has 2 aromatic heterocycles. The zero-order chi connectivity index (χ0) is 14.7. The molecular weight excluding hydrogens is 254 g/mol. The Morgan fingerprint density at radius 1 is 1.30 bits per heavy atom. The van der Waals surface area contributed by atoms with Crippen molar-refractivity contribution < 1.29 is 4.74 Å². The molecule has 0 saturated carbocycles. The van der Waals surface area contributed by atoms with Crippen LogP contribution in [-0.2, 0) is 13.6 Å². The number of aryl methyl sites for hydroxylation is 2. The smallest absolute Gasteiger partial charge is 0.238 e. The molecule has 20 heavy (non-hydrogen) atoms. The highest BCUT2D eigenvalue weighted by Gasteiger charge is 2.12. The van der Waals surface area contributed by atoms with Gasteiger partial charge in [-0.2, -0.15) is 5.10 Å². The standard InChI is InChI=1S/C14H21N5O/c1-9(2)16-7-12-6-15-8-13(17-12)20-14-10(3)18-19(5)11(14)4/h6,8-9,16H,7H2,1-5H3. The maximum Gasteiger partial charge on any atom is 0.238 e. The second-order valence-corrected chi connectivity index (χ2v) is 5.11. The van der Waals surface area contributed by atoms with Crippen LogP contribution in [0.4, 0.5) is 0 Å². The lowest BCUT2D eigenvalue weighted by Gasteiger charge is -2.09. The number of nitrogens with zero attached hydrogens (tertiary/aromatic N) is 4.